The molecule has 0 radical (unpaired) electrons. The molecule has 1 aliphatic rings. The fraction of sp³-hybridized carbons (Fsp3) is 0.444. The van der Waals surface area contributed by atoms with Gasteiger partial charge in [0, 0.05) is 21.3 Å². The van der Waals surface area contributed by atoms with Crippen LogP contribution in [0.1, 0.15) is 48.4 Å². The summed E-state index contributed by atoms with van der Waals surface area (Å²) in [5.41, 5.74) is 0.907. The van der Waals surface area contributed by atoms with Gasteiger partial charge in [-0.3, -0.25) is 14.5 Å². The fourth-order valence-corrected chi connectivity index (χ4v) is 1.49. The predicted octanol–water partition coefficient (Wildman–Crippen LogP) is 3.76. The van der Waals surface area contributed by atoms with Crippen LogP contribution in [0.5, 0.6) is 0 Å². The van der Waals surface area contributed by atoms with Gasteiger partial charge in [-0.2, -0.15) is 0 Å². The SMILES string of the molecule is C/C=C\C.CC.COC.COCN1C(=O)c2ccccc2C1=O. The zero-order chi connectivity index (χ0) is 18.3. The molecule has 0 unspecified atom stereocenters. The summed E-state index contributed by atoms with van der Waals surface area (Å²) in [5.74, 6) is -0.570. The van der Waals surface area contributed by atoms with Gasteiger partial charge >= 0.3 is 0 Å². The average Bonchev–Trinajstić information content (AvgIpc) is 2.83. The predicted molar refractivity (Wildman–Crippen MR) is 93.6 cm³/mol. The van der Waals surface area contributed by atoms with Crippen molar-refractivity contribution in [3.63, 3.8) is 0 Å². The van der Waals surface area contributed by atoms with Crippen LogP contribution < -0.4 is 0 Å². The van der Waals surface area contributed by atoms with Crippen LogP contribution in [-0.2, 0) is 9.47 Å². The molecule has 0 saturated carbocycles. The number of fused-ring (bicyclic) bond motifs is 1. The molecule has 0 spiro atoms. The molecule has 5 nitrogen and oxygen atoms in total. The first-order valence-corrected chi connectivity index (χ1v) is 7.50. The van der Waals surface area contributed by atoms with Crippen molar-refractivity contribution in [3.05, 3.63) is 47.5 Å². The molecule has 0 N–H and O–H groups in total. The van der Waals surface area contributed by atoms with Gasteiger partial charge in [-0.15, -0.1) is 0 Å². The maximum atomic E-state index is 11.6. The molecule has 1 heterocycles. The molecular formula is C18H29NO4. The summed E-state index contributed by atoms with van der Waals surface area (Å²) >= 11 is 0. The van der Waals surface area contributed by atoms with Crippen molar-refractivity contribution < 1.29 is 19.1 Å². The lowest BCUT2D eigenvalue weighted by Gasteiger charge is -2.10. The van der Waals surface area contributed by atoms with E-state index < -0.39 is 0 Å². The largest absolute Gasteiger partial charge is 0.388 e. The number of hydrogen-bond donors (Lipinski definition) is 0. The summed E-state index contributed by atoms with van der Waals surface area (Å²) in [6.07, 6.45) is 4.00. The number of benzene rings is 1. The molecule has 0 aromatic heterocycles. The van der Waals surface area contributed by atoms with Gasteiger partial charge in [-0.05, 0) is 26.0 Å². The van der Waals surface area contributed by atoms with E-state index in [-0.39, 0.29) is 18.5 Å². The fourth-order valence-electron chi connectivity index (χ4n) is 1.49. The van der Waals surface area contributed by atoms with Crippen molar-refractivity contribution in [1.29, 1.82) is 0 Å². The molecule has 2 rings (SSSR count). The van der Waals surface area contributed by atoms with Crippen LogP contribution in [0.4, 0.5) is 0 Å². The number of carbonyl (C=O) groups excluding carboxylic acids is 2. The monoisotopic (exact) mass is 323 g/mol. The maximum absolute atomic E-state index is 11.6. The third kappa shape index (κ3) is 7.72. The third-order valence-corrected chi connectivity index (χ3v) is 2.47. The van der Waals surface area contributed by atoms with Gasteiger partial charge < -0.3 is 9.47 Å². The lowest BCUT2D eigenvalue weighted by Crippen LogP contribution is -2.31. The van der Waals surface area contributed by atoms with Crippen LogP contribution in [0, 0.1) is 0 Å². The van der Waals surface area contributed by atoms with E-state index in [9.17, 15) is 9.59 Å². The number of ether oxygens (including phenoxy) is 2. The Hall–Kier alpha value is -1.98. The van der Waals surface area contributed by atoms with E-state index in [0.717, 1.165) is 4.90 Å². The minimum atomic E-state index is -0.285. The number of rotatable bonds is 2. The first-order valence-electron chi connectivity index (χ1n) is 7.50. The Balaban J connectivity index is 0. The molecule has 0 atom stereocenters. The quantitative estimate of drug-likeness (QED) is 0.614. The van der Waals surface area contributed by atoms with Crippen molar-refractivity contribution in [2.24, 2.45) is 0 Å². The van der Waals surface area contributed by atoms with Gasteiger partial charge in [0.1, 0.15) is 6.73 Å². The maximum Gasteiger partial charge on any atom is 0.263 e. The Kier molecular flexibility index (Phi) is 15.1. The van der Waals surface area contributed by atoms with E-state index in [0.29, 0.717) is 11.1 Å². The molecular weight excluding hydrogens is 294 g/mol. The number of nitrogens with zero attached hydrogens (tertiary/aromatic N) is 1. The molecule has 130 valence electrons. The summed E-state index contributed by atoms with van der Waals surface area (Å²) in [4.78, 5) is 24.3. The highest BCUT2D eigenvalue weighted by Gasteiger charge is 2.34. The topological polar surface area (TPSA) is 55.8 Å². The van der Waals surface area contributed by atoms with Crippen LogP contribution in [0.2, 0.25) is 0 Å². The van der Waals surface area contributed by atoms with Crippen molar-refractivity contribution in [1.82, 2.24) is 4.90 Å². The molecule has 23 heavy (non-hydrogen) atoms. The Morgan fingerprint density at radius 2 is 1.26 bits per heavy atom. The highest BCUT2D eigenvalue weighted by molar-refractivity contribution is 6.21. The summed E-state index contributed by atoms with van der Waals surface area (Å²) in [6, 6.07) is 6.76. The smallest absolute Gasteiger partial charge is 0.263 e. The highest BCUT2D eigenvalue weighted by atomic mass is 16.5. The van der Waals surface area contributed by atoms with Gasteiger partial charge in [0.2, 0.25) is 0 Å². The van der Waals surface area contributed by atoms with Gasteiger partial charge in [0.25, 0.3) is 11.8 Å². The molecule has 0 aliphatic carbocycles. The normalized spacial score (nSPS) is 11.7. The average molecular weight is 323 g/mol. The Morgan fingerprint density at radius 3 is 1.52 bits per heavy atom. The Bertz CT molecular complexity index is 445. The van der Waals surface area contributed by atoms with E-state index in [1.807, 2.05) is 39.8 Å². The number of hydrogen-bond acceptors (Lipinski definition) is 4. The van der Waals surface area contributed by atoms with E-state index in [1.165, 1.54) is 7.11 Å². The van der Waals surface area contributed by atoms with E-state index in [4.69, 9.17) is 4.74 Å². The molecule has 0 fully saturated rings. The molecule has 5 heteroatoms. The molecule has 1 aliphatic heterocycles. The standard InChI is InChI=1S/C10H9NO3.C4H8.C2H6O.C2H6/c1-14-6-11-9(12)7-4-2-3-5-8(7)10(11)13;1-3-4-2;1-3-2;1-2/h2-5H,6H2,1H3;3-4H,1-2H3;1-2H3;1-2H3/b;4-3-;;. The minimum absolute atomic E-state index is 0.00630. The van der Waals surface area contributed by atoms with Gasteiger partial charge in [-0.25, -0.2) is 0 Å². The van der Waals surface area contributed by atoms with E-state index in [1.54, 1.807) is 38.5 Å². The van der Waals surface area contributed by atoms with Crippen molar-refractivity contribution in [2.75, 3.05) is 28.1 Å². The van der Waals surface area contributed by atoms with Crippen LogP contribution in [-0.4, -0.2) is 44.8 Å². The number of amides is 2. The lowest BCUT2D eigenvalue weighted by atomic mass is 10.1. The minimum Gasteiger partial charge on any atom is -0.388 e. The van der Waals surface area contributed by atoms with Gasteiger partial charge in [0.15, 0.2) is 0 Å². The number of allylic oxidation sites excluding steroid dienone is 2. The lowest BCUT2D eigenvalue weighted by molar-refractivity contribution is 0.0389. The zero-order valence-corrected chi connectivity index (χ0v) is 15.3. The third-order valence-electron chi connectivity index (χ3n) is 2.47. The number of imide groups is 1. The van der Waals surface area contributed by atoms with Gasteiger partial charge in [-0.1, -0.05) is 38.1 Å². The van der Waals surface area contributed by atoms with Crippen LogP contribution in [0.15, 0.2) is 36.4 Å². The van der Waals surface area contributed by atoms with Gasteiger partial charge in [0.05, 0.1) is 11.1 Å². The van der Waals surface area contributed by atoms with Crippen LogP contribution >= 0.6 is 0 Å². The van der Waals surface area contributed by atoms with Crippen molar-refractivity contribution in [2.45, 2.75) is 27.7 Å². The zero-order valence-electron chi connectivity index (χ0n) is 15.3. The molecule has 2 amide bonds. The van der Waals surface area contributed by atoms with Crippen molar-refractivity contribution in [3.8, 4) is 0 Å². The molecule has 0 bridgehead atoms. The second-order valence-corrected chi connectivity index (χ2v) is 4.08. The van der Waals surface area contributed by atoms with Crippen LogP contribution in [0.25, 0.3) is 0 Å². The van der Waals surface area contributed by atoms with Crippen molar-refractivity contribution >= 4 is 11.8 Å². The summed E-state index contributed by atoms with van der Waals surface area (Å²) in [7, 11) is 4.70. The summed E-state index contributed by atoms with van der Waals surface area (Å²) in [5, 5.41) is 0. The Morgan fingerprint density at radius 1 is 0.913 bits per heavy atom. The van der Waals surface area contributed by atoms with Crippen LogP contribution in [0.3, 0.4) is 0 Å². The van der Waals surface area contributed by atoms with E-state index >= 15 is 0 Å². The molecule has 1 aromatic rings. The molecule has 0 saturated heterocycles. The highest BCUT2D eigenvalue weighted by Crippen LogP contribution is 2.21. The number of methoxy groups -OCH3 is 2. The molecule has 1 aromatic carbocycles. The Labute approximate surface area is 139 Å². The first kappa shape index (κ1) is 23.3. The first-order chi connectivity index (χ1) is 11.1. The second-order valence-electron chi connectivity index (χ2n) is 4.08. The second kappa shape index (κ2) is 14.9. The summed E-state index contributed by atoms with van der Waals surface area (Å²) in [6.45, 7) is 8.01. The summed E-state index contributed by atoms with van der Waals surface area (Å²) < 4.78 is 9.03. The van der Waals surface area contributed by atoms with E-state index in [2.05, 4.69) is 4.74 Å². The number of carbonyl (C=O) groups is 2.